The summed E-state index contributed by atoms with van der Waals surface area (Å²) < 4.78 is 5.24. The van der Waals surface area contributed by atoms with Crippen LogP contribution in [-0.4, -0.2) is 23.8 Å². The standard InChI is InChI=1S/C13H24O3/c1-5-12(2,3)10-6-8-13(16-4,9-7-10)11(14)15/h10H,5-9H2,1-4H3,(H,14,15). The van der Waals surface area contributed by atoms with E-state index in [9.17, 15) is 9.90 Å². The second-order valence-corrected chi connectivity index (χ2v) is 5.62. The fourth-order valence-electron chi connectivity index (χ4n) is 2.66. The Bertz CT molecular complexity index is 250. The molecular formula is C13H24O3. The topological polar surface area (TPSA) is 46.5 Å². The summed E-state index contributed by atoms with van der Waals surface area (Å²) in [6, 6.07) is 0. The van der Waals surface area contributed by atoms with Crippen LogP contribution in [0.3, 0.4) is 0 Å². The average molecular weight is 228 g/mol. The Morgan fingerprint density at radius 2 is 1.94 bits per heavy atom. The Hall–Kier alpha value is -0.570. The summed E-state index contributed by atoms with van der Waals surface area (Å²) in [4.78, 5) is 11.2. The molecule has 3 heteroatoms. The van der Waals surface area contributed by atoms with Crippen LogP contribution in [0.1, 0.15) is 52.9 Å². The van der Waals surface area contributed by atoms with Gasteiger partial charge in [-0.1, -0.05) is 27.2 Å². The molecule has 0 heterocycles. The van der Waals surface area contributed by atoms with Crippen LogP contribution in [-0.2, 0) is 9.53 Å². The van der Waals surface area contributed by atoms with Gasteiger partial charge in [0.05, 0.1) is 0 Å². The van der Waals surface area contributed by atoms with Gasteiger partial charge in [0.2, 0.25) is 0 Å². The van der Waals surface area contributed by atoms with Gasteiger partial charge in [-0.25, -0.2) is 4.79 Å². The molecule has 1 saturated carbocycles. The van der Waals surface area contributed by atoms with Crippen LogP contribution in [0.25, 0.3) is 0 Å². The third-order valence-corrected chi connectivity index (χ3v) is 4.59. The fraction of sp³-hybridized carbons (Fsp3) is 0.923. The van der Waals surface area contributed by atoms with Crippen LogP contribution in [0.2, 0.25) is 0 Å². The van der Waals surface area contributed by atoms with E-state index in [0.717, 1.165) is 19.3 Å². The van der Waals surface area contributed by atoms with Crippen LogP contribution >= 0.6 is 0 Å². The molecule has 0 aromatic rings. The van der Waals surface area contributed by atoms with Gasteiger partial charge >= 0.3 is 5.97 Å². The molecule has 1 rings (SSSR count). The molecule has 0 radical (unpaired) electrons. The number of aliphatic carboxylic acids is 1. The van der Waals surface area contributed by atoms with Gasteiger partial charge in [-0.15, -0.1) is 0 Å². The Morgan fingerprint density at radius 3 is 2.25 bits per heavy atom. The summed E-state index contributed by atoms with van der Waals surface area (Å²) in [5.74, 6) is -0.178. The van der Waals surface area contributed by atoms with Crippen LogP contribution in [0.5, 0.6) is 0 Å². The second kappa shape index (κ2) is 4.74. The lowest BCUT2D eigenvalue weighted by atomic mass is 9.66. The van der Waals surface area contributed by atoms with Crippen molar-refractivity contribution in [2.24, 2.45) is 11.3 Å². The van der Waals surface area contributed by atoms with Gasteiger partial charge in [0, 0.05) is 7.11 Å². The molecular weight excluding hydrogens is 204 g/mol. The number of hydrogen-bond acceptors (Lipinski definition) is 2. The maximum atomic E-state index is 11.2. The normalized spacial score (nSPS) is 31.4. The largest absolute Gasteiger partial charge is 0.479 e. The summed E-state index contributed by atoms with van der Waals surface area (Å²) in [5.41, 5.74) is -0.598. The minimum absolute atomic E-state index is 0.318. The molecule has 0 aromatic heterocycles. The maximum Gasteiger partial charge on any atom is 0.335 e. The molecule has 0 atom stereocenters. The van der Waals surface area contributed by atoms with E-state index in [-0.39, 0.29) is 0 Å². The number of methoxy groups -OCH3 is 1. The lowest BCUT2D eigenvalue weighted by Crippen LogP contribution is -2.45. The SMILES string of the molecule is CCC(C)(C)C1CCC(OC)(C(=O)O)CC1. The molecule has 1 N–H and O–H groups in total. The van der Waals surface area contributed by atoms with Crippen LogP contribution < -0.4 is 0 Å². The highest BCUT2D eigenvalue weighted by Crippen LogP contribution is 2.44. The summed E-state index contributed by atoms with van der Waals surface area (Å²) in [7, 11) is 1.51. The Kier molecular flexibility index (Phi) is 4.00. The van der Waals surface area contributed by atoms with Crippen LogP contribution in [0.15, 0.2) is 0 Å². The van der Waals surface area contributed by atoms with Gasteiger partial charge < -0.3 is 9.84 Å². The highest BCUT2D eigenvalue weighted by Gasteiger charge is 2.44. The van der Waals surface area contributed by atoms with Crippen molar-refractivity contribution in [3.8, 4) is 0 Å². The minimum atomic E-state index is -0.916. The van der Waals surface area contributed by atoms with E-state index in [2.05, 4.69) is 20.8 Å². The monoisotopic (exact) mass is 228 g/mol. The first kappa shape index (κ1) is 13.5. The molecule has 0 saturated heterocycles. The highest BCUT2D eigenvalue weighted by molar-refractivity contribution is 5.77. The van der Waals surface area contributed by atoms with E-state index < -0.39 is 11.6 Å². The minimum Gasteiger partial charge on any atom is -0.479 e. The zero-order chi connectivity index (χ0) is 12.4. The number of rotatable bonds is 4. The fourth-order valence-corrected chi connectivity index (χ4v) is 2.66. The van der Waals surface area contributed by atoms with E-state index >= 15 is 0 Å². The molecule has 0 unspecified atom stereocenters. The molecule has 0 amide bonds. The van der Waals surface area contributed by atoms with E-state index in [1.807, 2.05) is 0 Å². The Morgan fingerprint density at radius 1 is 1.44 bits per heavy atom. The second-order valence-electron chi connectivity index (χ2n) is 5.62. The molecule has 0 bridgehead atoms. The van der Waals surface area contributed by atoms with Gasteiger partial charge in [0.15, 0.2) is 5.60 Å². The lowest BCUT2D eigenvalue weighted by molar-refractivity contribution is -0.168. The third-order valence-electron chi connectivity index (χ3n) is 4.59. The van der Waals surface area contributed by atoms with Gasteiger partial charge in [0.1, 0.15) is 0 Å². The van der Waals surface area contributed by atoms with Crippen molar-refractivity contribution in [1.82, 2.24) is 0 Å². The number of hydrogen-bond donors (Lipinski definition) is 1. The first-order valence-electron chi connectivity index (χ1n) is 6.16. The molecule has 1 aliphatic rings. The summed E-state index contributed by atoms with van der Waals surface area (Å²) in [5, 5.41) is 9.21. The quantitative estimate of drug-likeness (QED) is 0.804. The van der Waals surface area contributed by atoms with Gasteiger partial charge in [-0.2, -0.15) is 0 Å². The number of ether oxygens (including phenoxy) is 1. The zero-order valence-electron chi connectivity index (χ0n) is 10.9. The zero-order valence-corrected chi connectivity index (χ0v) is 10.9. The summed E-state index contributed by atoms with van der Waals surface area (Å²) in [6.45, 7) is 6.76. The van der Waals surface area contributed by atoms with Crippen LogP contribution in [0.4, 0.5) is 0 Å². The Balaban J connectivity index is 2.66. The molecule has 0 aromatic carbocycles. The molecule has 1 fully saturated rings. The molecule has 3 nitrogen and oxygen atoms in total. The number of carboxylic acid groups (broad SMARTS) is 1. The van der Waals surface area contributed by atoms with E-state index in [1.54, 1.807) is 0 Å². The van der Waals surface area contributed by atoms with Crippen molar-refractivity contribution in [2.75, 3.05) is 7.11 Å². The number of carboxylic acids is 1. The smallest absolute Gasteiger partial charge is 0.335 e. The van der Waals surface area contributed by atoms with Crippen molar-refractivity contribution in [1.29, 1.82) is 0 Å². The molecule has 0 spiro atoms. The van der Waals surface area contributed by atoms with Gasteiger partial charge in [-0.05, 0) is 37.0 Å². The van der Waals surface area contributed by atoms with Crippen LogP contribution in [0, 0.1) is 11.3 Å². The van der Waals surface area contributed by atoms with Crippen molar-refractivity contribution < 1.29 is 14.6 Å². The van der Waals surface area contributed by atoms with E-state index in [0.29, 0.717) is 24.2 Å². The number of carbonyl (C=O) groups is 1. The lowest BCUT2D eigenvalue weighted by Gasteiger charge is -2.42. The Labute approximate surface area is 98.2 Å². The average Bonchev–Trinajstić information content (AvgIpc) is 2.28. The van der Waals surface area contributed by atoms with Gasteiger partial charge in [-0.3, -0.25) is 0 Å². The first-order valence-corrected chi connectivity index (χ1v) is 6.16. The molecule has 94 valence electrons. The van der Waals surface area contributed by atoms with Crippen molar-refractivity contribution in [3.63, 3.8) is 0 Å². The predicted molar refractivity (Wildman–Crippen MR) is 63.4 cm³/mol. The molecule has 16 heavy (non-hydrogen) atoms. The van der Waals surface area contributed by atoms with E-state index in [4.69, 9.17) is 4.74 Å². The molecule has 0 aliphatic heterocycles. The van der Waals surface area contributed by atoms with Crippen molar-refractivity contribution in [2.45, 2.75) is 58.5 Å². The molecule has 1 aliphatic carbocycles. The highest BCUT2D eigenvalue weighted by atomic mass is 16.5. The van der Waals surface area contributed by atoms with E-state index in [1.165, 1.54) is 7.11 Å². The first-order chi connectivity index (χ1) is 7.38. The summed E-state index contributed by atoms with van der Waals surface area (Å²) >= 11 is 0. The third kappa shape index (κ3) is 2.40. The maximum absolute atomic E-state index is 11.2. The summed E-state index contributed by atoms with van der Waals surface area (Å²) in [6.07, 6.45) is 4.35. The van der Waals surface area contributed by atoms with Crippen molar-refractivity contribution in [3.05, 3.63) is 0 Å². The van der Waals surface area contributed by atoms with Crippen molar-refractivity contribution >= 4 is 5.97 Å². The van der Waals surface area contributed by atoms with Gasteiger partial charge in [0.25, 0.3) is 0 Å². The predicted octanol–water partition coefficient (Wildman–Crippen LogP) is 3.08.